The van der Waals surface area contributed by atoms with Crippen molar-refractivity contribution in [2.24, 2.45) is 0 Å². The van der Waals surface area contributed by atoms with Crippen molar-refractivity contribution in [3.8, 4) is 11.1 Å². The predicted molar refractivity (Wildman–Crippen MR) is 83.2 cm³/mol. The zero-order valence-corrected chi connectivity index (χ0v) is 12.2. The number of hydrogen-bond acceptors (Lipinski definition) is 1. The van der Waals surface area contributed by atoms with E-state index in [1.807, 2.05) is 12.1 Å². The van der Waals surface area contributed by atoms with Crippen LogP contribution in [-0.2, 0) is 0 Å². The third-order valence-electron chi connectivity index (χ3n) is 3.52. The van der Waals surface area contributed by atoms with Crippen molar-refractivity contribution in [1.82, 2.24) is 5.32 Å². The predicted octanol–water partition coefficient (Wildman–Crippen LogP) is 4.94. The highest BCUT2D eigenvalue weighted by molar-refractivity contribution is 5.64. The van der Waals surface area contributed by atoms with Gasteiger partial charge < -0.3 is 5.32 Å². The smallest absolute Gasteiger partial charge is 0.123 e. The SMILES string of the molecule is CCCNC(CC)c1cccc(-c2ccc(F)cc2)c1. The first-order valence-electron chi connectivity index (χ1n) is 7.34. The molecule has 0 aliphatic carbocycles. The third kappa shape index (κ3) is 3.67. The molecule has 1 nitrogen and oxygen atoms in total. The molecule has 0 aliphatic rings. The average molecular weight is 271 g/mol. The van der Waals surface area contributed by atoms with Gasteiger partial charge in [-0.05, 0) is 54.3 Å². The van der Waals surface area contributed by atoms with Crippen molar-refractivity contribution in [1.29, 1.82) is 0 Å². The van der Waals surface area contributed by atoms with E-state index in [0.29, 0.717) is 6.04 Å². The van der Waals surface area contributed by atoms with Crippen LogP contribution in [0.2, 0.25) is 0 Å². The van der Waals surface area contributed by atoms with Crippen LogP contribution in [0.1, 0.15) is 38.3 Å². The number of nitrogens with one attached hydrogen (secondary N) is 1. The minimum Gasteiger partial charge on any atom is -0.310 e. The van der Waals surface area contributed by atoms with Gasteiger partial charge in [-0.3, -0.25) is 0 Å². The van der Waals surface area contributed by atoms with E-state index in [1.165, 1.54) is 17.7 Å². The van der Waals surface area contributed by atoms with E-state index in [9.17, 15) is 4.39 Å². The highest BCUT2D eigenvalue weighted by Gasteiger charge is 2.09. The summed E-state index contributed by atoms with van der Waals surface area (Å²) in [4.78, 5) is 0. The van der Waals surface area contributed by atoms with Crippen LogP contribution in [0.3, 0.4) is 0 Å². The van der Waals surface area contributed by atoms with Gasteiger partial charge in [0.1, 0.15) is 5.82 Å². The molecule has 106 valence electrons. The van der Waals surface area contributed by atoms with E-state index in [-0.39, 0.29) is 5.82 Å². The molecule has 0 fully saturated rings. The van der Waals surface area contributed by atoms with Gasteiger partial charge >= 0.3 is 0 Å². The minimum absolute atomic E-state index is 0.194. The first-order chi connectivity index (χ1) is 9.74. The van der Waals surface area contributed by atoms with Gasteiger partial charge in [-0.25, -0.2) is 4.39 Å². The summed E-state index contributed by atoms with van der Waals surface area (Å²) in [6.45, 7) is 5.39. The lowest BCUT2D eigenvalue weighted by Crippen LogP contribution is -2.21. The van der Waals surface area contributed by atoms with E-state index >= 15 is 0 Å². The molecule has 0 aromatic heterocycles. The topological polar surface area (TPSA) is 12.0 Å². The Kier molecular flexibility index (Phi) is 5.31. The van der Waals surface area contributed by atoms with Crippen LogP contribution in [0.4, 0.5) is 4.39 Å². The van der Waals surface area contributed by atoms with Gasteiger partial charge in [0.05, 0.1) is 0 Å². The molecule has 20 heavy (non-hydrogen) atoms. The van der Waals surface area contributed by atoms with E-state index in [1.54, 1.807) is 0 Å². The summed E-state index contributed by atoms with van der Waals surface area (Å²) in [6, 6.07) is 15.6. The monoisotopic (exact) mass is 271 g/mol. The lowest BCUT2D eigenvalue weighted by Gasteiger charge is -2.18. The van der Waals surface area contributed by atoms with Crippen LogP contribution >= 0.6 is 0 Å². The number of hydrogen-bond donors (Lipinski definition) is 1. The summed E-state index contributed by atoms with van der Waals surface area (Å²) in [7, 11) is 0. The molecule has 0 saturated heterocycles. The Hall–Kier alpha value is -1.67. The molecule has 0 amide bonds. The highest BCUT2D eigenvalue weighted by Crippen LogP contribution is 2.24. The summed E-state index contributed by atoms with van der Waals surface area (Å²) in [6.07, 6.45) is 2.20. The number of benzene rings is 2. The number of halogens is 1. The molecule has 2 heteroatoms. The molecule has 2 rings (SSSR count). The average Bonchev–Trinajstić information content (AvgIpc) is 2.49. The molecule has 0 bridgehead atoms. The van der Waals surface area contributed by atoms with Crippen LogP contribution in [-0.4, -0.2) is 6.54 Å². The second-order valence-corrected chi connectivity index (χ2v) is 5.05. The zero-order valence-electron chi connectivity index (χ0n) is 12.2. The number of rotatable bonds is 6. The Morgan fingerprint density at radius 3 is 2.40 bits per heavy atom. The van der Waals surface area contributed by atoms with Gasteiger partial charge in [0.2, 0.25) is 0 Å². The standard InChI is InChI=1S/C18H22FN/c1-3-12-20-18(4-2)16-7-5-6-15(13-16)14-8-10-17(19)11-9-14/h5-11,13,18,20H,3-4,12H2,1-2H3. The Morgan fingerprint density at radius 1 is 1.00 bits per heavy atom. The first-order valence-corrected chi connectivity index (χ1v) is 7.34. The molecule has 1 N–H and O–H groups in total. The molecule has 0 heterocycles. The second kappa shape index (κ2) is 7.20. The fraction of sp³-hybridized carbons (Fsp3) is 0.333. The quantitative estimate of drug-likeness (QED) is 0.784. The maximum absolute atomic E-state index is 13.0. The van der Waals surface area contributed by atoms with Crippen molar-refractivity contribution in [2.75, 3.05) is 6.54 Å². The van der Waals surface area contributed by atoms with Gasteiger partial charge in [0.25, 0.3) is 0 Å². The van der Waals surface area contributed by atoms with Gasteiger partial charge in [-0.2, -0.15) is 0 Å². The molecule has 0 radical (unpaired) electrons. The highest BCUT2D eigenvalue weighted by atomic mass is 19.1. The molecule has 2 aromatic rings. The Labute approximate surface area is 120 Å². The molecular formula is C18H22FN. The van der Waals surface area contributed by atoms with Crippen molar-refractivity contribution in [3.63, 3.8) is 0 Å². The Morgan fingerprint density at radius 2 is 1.75 bits per heavy atom. The van der Waals surface area contributed by atoms with E-state index in [4.69, 9.17) is 0 Å². The van der Waals surface area contributed by atoms with Crippen molar-refractivity contribution in [3.05, 3.63) is 59.9 Å². The summed E-state index contributed by atoms with van der Waals surface area (Å²) >= 11 is 0. The maximum atomic E-state index is 13.0. The van der Waals surface area contributed by atoms with Crippen molar-refractivity contribution in [2.45, 2.75) is 32.7 Å². The molecule has 0 saturated carbocycles. The molecule has 2 aromatic carbocycles. The maximum Gasteiger partial charge on any atom is 0.123 e. The van der Waals surface area contributed by atoms with Crippen LogP contribution in [0.5, 0.6) is 0 Å². The summed E-state index contributed by atoms with van der Waals surface area (Å²) in [5.41, 5.74) is 3.49. The van der Waals surface area contributed by atoms with Crippen LogP contribution in [0.25, 0.3) is 11.1 Å². The first kappa shape index (κ1) is 14.7. The van der Waals surface area contributed by atoms with Gasteiger partial charge in [0, 0.05) is 6.04 Å². The third-order valence-corrected chi connectivity index (χ3v) is 3.52. The van der Waals surface area contributed by atoms with Crippen LogP contribution in [0.15, 0.2) is 48.5 Å². The molecule has 1 unspecified atom stereocenters. The summed E-state index contributed by atoms with van der Waals surface area (Å²) in [5.74, 6) is -0.194. The van der Waals surface area contributed by atoms with Gasteiger partial charge in [-0.15, -0.1) is 0 Å². The molecular weight excluding hydrogens is 249 g/mol. The van der Waals surface area contributed by atoms with Crippen molar-refractivity contribution >= 4 is 0 Å². The fourth-order valence-electron chi connectivity index (χ4n) is 2.39. The van der Waals surface area contributed by atoms with Crippen LogP contribution in [0, 0.1) is 5.82 Å². The second-order valence-electron chi connectivity index (χ2n) is 5.05. The molecule has 1 atom stereocenters. The lowest BCUT2D eigenvalue weighted by molar-refractivity contribution is 0.518. The largest absolute Gasteiger partial charge is 0.310 e. The minimum atomic E-state index is -0.194. The fourth-order valence-corrected chi connectivity index (χ4v) is 2.39. The Bertz CT molecular complexity index is 533. The normalized spacial score (nSPS) is 12.3. The molecule has 0 spiro atoms. The van der Waals surface area contributed by atoms with E-state index < -0.39 is 0 Å². The summed E-state index contributed by atoms with van der Waals surface area (Å²) < 4.78 is 13.0. The van der Waals surface area contributed by atoms with E-state index in [2.05, 4.69) is 43.4 Å². The van der Waals surface area contributed by atoms with Crippen molar-refractivity contribution < 1.29 is 4.39 Å². The van der Waals surface area contributed by atoms with Gasteiger partial charge in [-0.1, -0.05) is 44.2 Å². The van der Waals surface area contributed by atoms with Crippen LogP contribution < -0.4 is 5.32 Å². The zero-order chi connectivity index (χ0) is 14.4. The Balaban J connectivity index is 2.24. The summed E-state index contributed by atoms with van der Waals surface area (Å²) in [5, 5.41) is 3.56. The van der Waals surface area contributed by atoms with E-state index in [0.717, 1.165) is 30.5 Å². The van der Waals surface area contributed by atoms with Gasteiger partial charge in [0.15, 0.2) is 0 Å². The molecule has 0 aliphatic heterocycles. The lowest BCUT2D eigenvalue weighted by atomic mass is 9.98.